The molecule has 1 aromatic carbocycles. The topological polar surface area (TPSA) is 74.0 Å². The highest BCUT2D eigenvalue weighted by Gasteiger charge is 2.20. The molecule has 0 unspecified atom stereocenters. The van der Waals surface area contributed by atoms with Crippen LogP contribution in [0.2, 0.25) is 0 Å². The average molecular weight is 330 g/mol. The third-order valence-corrected chi connectivity index (χ3v) is 4.62. The normalized spacial score (nSPS) is 15.8. The lowest BCUT2D eigenvalue weighted by molar-refractivity contribution is -0.130. The van der Waals surface area contributed by atoms with Crippen LogP contribution in [0.3, 0.4) is 0 Å². The molecule has 0 bridgehead atoms. The molecule has 2 heterocycles. The van der Waals surface area contributed by atoms with E-state index in [0.29, 0.717) is 31.6 Å². The Morgan fingerprint density at radius 1 is 1.17 bits per heavy atom. The monoisotopic (exact) mass is 330 g/mol. The van der Waals surface area contributed by atoms with Crippen molar-refractivity contribution >= 4 is 16.9 Å². The zero-order chi connectivity index (χ0) is 17.3. The van der Waals surface area contributed by atoms with E-state index in [2.05, 4.69) is 4.90 Å². The van der Waals surface area contributed by atoms with E-state index in [1.165, 1.54) is 12.1 Å². The molecule has 0 saturated carbocycles. The van der Waals surface area contributed by atoms with E-state index >= 15 is 0 Å². The molecule has 0 radical (unpaired) electrons. The van der Waals surface area contributed by atoms with E-state index in [1.807, 2.05) is 17.9 Å². The Kier molecular flexibility index (Phi) is 4.57. The number of hydrogen-bond donors (Lipinski definition) is 1. The number of nitrogens with zero attached hydrogens (tertiary/aromatic N) is 2. The summed E-state index contributed by atoms with van der Waals surface area (Å²) in [5.41, 5.74) is 1.73. The zero-order valence-corrected chi connectivity index (χ0v) is 14.0. The van der Waals surface area contributed by atoms with E-state index in [4.69, 9.17) is 4.42 Å². The number of rotatable bonds is 3. The Labute approximate surface area is 140 Å². The van der Waals surface area contributed by atoms with Crippen LogP contribution in [-0.4, -0.2) is 47.0 Å². The maximum Gasteiger partial charge on any atom is 0.336 e. The molecule has 1 saturated heterocycles. The lowest BCUT2D eigenvalue weighted by atomic mass is 10.0. The Morgan fingerprint density at radius 3 is 2.50 bits per heavy atom. The van der Waals surface area contributed by atoms with Gasteiger partial charge in [-0.25, -0.2) is 4.79 Å². The summed E-state index contributed by atoms with van der Waals surface area (Å²) in [6.45, 7) is 7.15. The van der Waals surface area contributed by atoms with Gasteiger partial charge in [-0.3, -0.25) is 9.69 Å². The number of carbonyl (C=O) groups is 1. The van der Waals surface area contributed by atoms with Gasteiger partial charge < -0.3 is 14.4 Å². The Balaban J connectivity index is 1.89. The third kappa shape index (κ3) is 3.28. The number of fused-ring (bicyclic) bond motifs is 1. The number of phenols is 1. The minimum Gasteiger partial charge on any atom is -0.508 e. The highest BCUT2D eigenvalue weighted by Crippen LogP contribution is 2.27. The van der Waals surface area contributed by atoms with Crippen LogP contribution in [-0.2, 0) is 17.8 Å². The second kappa shape index (κ2) is 6.65. The Hall–Kier alpha value is -2.34. The summed E-state index contributed by atoms with van der Waals surface area (Å²) in [5.74, 6) is 0.254. The minimum absolute atomic E-state index is 0.100. The standard InChI is InChI=1S/C18H22N2O4/c1-3-13-8-15-14(9-18(23)24-17(15)10-16(13)22)11-19-4-6-20(7-5-19)12(2)21/h8-10,22H,3-7,11H2,1-2H3. The molecule has 0 aliphatic carbocycles. The van der Waals surface area contributed by atoms with Gasteiger partial charge in [0.15, 0.2) is 0 Å². The number of carbonyl (C=O) groups excluding carboxylic acids is 1. The van der Waals surface area contributed by atoms with Gasteiger partial charge in [0.25, 0.3) is 0 Å². The second-order valence-corrected chi connectivity index (χ2v) is 6.20. The first-order valence-electron chi connectivity index (χ1n) is 8.24. The molecule has 0 spiro atoms. The van der Waals surface area contributed by atoms with Gasteiger partial charge in [-0.05, 0) is 23.6 Å². The van der Waals surface area contributed by atoms with Crippen molar-refractivity contribution in [1.82, 2.24) is 9.80 Å². The SMILES string of the molecule is CCc1cc2c(CN3CCN(C(C)=O)CC3)cc(=O)oc2cc1O. The molecule has 3 rings (SSSR count). The molecule has 1 aliphatic rings. The molecule has 1 fully saturated rings. The molecule has 1 N–H and O–H groups in total. The van der Waals surface area contributed by atoms with Crippen molar-refractivity contribution < 1.29 is 14.3 Å². The number of hydrogen-bond acceptors (Lipinski definition) is 5. The maximum absolute atomic E-state index is 11.8. The summed E-state index contributed by atoms with van der Waals surface area (Å²) in [6, 6.07) is 4.94. The highest BCUT2D eigenvalue weighted by atomic mass is 16.4. The van der Waals surface area contributed by atoms with Crippen molar-refractivity contribution in [3.63, 3.8) is 0 Å². The van der Waals surface area contributed by atoms with Gasteiger partial charge in [0, 0.05) is 57.2 Å². The lowest BCUT2D eigenvalue weighted by Gasteiger charge is -2.34. The first-order valence-corrected chi connectivity index (χ1v) is 8.24. The Morgan fingerprint density at radius 2 is 1.88 bits per heavy atom. The van der Waals surface area contributed by atoms with Crippen LogP contribution in [0.4, 0.5) is 0 Å². The van der Waals surface area contributed by atoms with Crippen molar-refractivity contribution in [2.45, 2.75) is 26.8 Å². The number of piperazine rings is 1. The molecule has 6 nitrogen and oxygen atoms in total. The molecular weight excluding hydrogens is 308 g/mol. The molecule has 128 valence electrons. The fourth-order valence-electron chi connectivity index (χ4n) is 3.18. The molecule has 24 heavy (non-hydrogen) atoms. The summed E-state index contributed by atoms with van der Waals surface area (Å²) in [5, 5.41) is 10.8. The molecule has 1 aliphatic heterocycles. The Bertz CT molecular complexity index is 820. The molecule has 2 aromatic rings. The highest BCUT2D eigenvalue weighted by molar-refractivity contribution is 5.82. The summed E-state index contributed by atoms with van der Waals surface area (Å²) < 4.78 is 5.23. The van der Waals surface area contributed by atoms with Crippen molar-refractivity contribution in [3.8, 4) is 5.75 Å². The van der Waals surface area contributed by atoms with Crippen molar-refractivity contribution in [2.75, 3.05) is 26.2 Å². The second-order valence-electron chi connectivity index (χ2n) is 6.20. The number of benzene rings is 1. The third-order valence-electron chi connectivity index (χ3n) is 4.62. The molecule has 0 atom stereocenters. The van der Waals surface area contributed by atoms with Crippen molar-refractivity contribution in [1.29, 1.82) is 0 Å². The summed E-state index contributed by atoms with van der Waals surface area (Å²) >= 11 is 0. The van der Waals surface area contributed by atoms with Crippen LogP contribution in [0.5, 0.6) is 5.75 Å². The molecule has 6 heteroatoms. The number of amides is 1. The predicted octanol–water partition coefficient (Wildman–Crippen LogP) is 1.73. The molecule has 1 amide bonds. The van der Waals surface area contributed by atoms with Gasteiger partial charge >= 0.3 is 5.63 Å². The predicted molar refractivity (Wildman–Crippen MR) is 91.1 cm³/mol. The quantitative estimate of drug-likeness (QED) is 0.868. The van der Waals surface area contributed by atoms with Crippen LogP contribution in [0.15, 0.2) is 27.4 Å². The van der Waals surface area contributed by atoms with Crippen molar-refractivity contribution in [2.24, 2.45) is 0 Å². The number of aryl methyl sites for hydroxylation is 1. The van der Waals surface area contributed by atoms with Crippen LogP contribution in [0.1, 0.15) is 25.0 Å². The summed E-state index contributed by atoms with van der Waals surface area (Å²) in [4.78, 5) is 27.3. The van der Waals surface area contributed by atoms with Gasteiger partial charge in [0.2, 0.25) is 5.91 Å². The fraction of sp³-hybridized carbons (Fsp3) is 0.444. The maximum atomic E-state index is 11.8. The van der Waals surface area contributed by atoms with Gasteiger partial charge in [-0.15, -0.1) is 0 Å². The lowest BCUT2D eigenvalue weighted by Crippen LogP contribution is -2.47. The van der Waals surface area contributed by atoms with Gasteiger partial charge in [-0.1, -0.05) is 6.92 Å². The van der Waals surface area contributed by atoms with Crippen LogP contribution in [0, 0.1) is 0 Å². The van der Waals surface area contributed by atoms with Gasteiger partial charge in [-0.2, -0.15) is 0 Å². The average Bonchev–Trinajstić information content (AvgIpc) is 2.54. The largest absolute Gasteiger partial charge is 0.508 e. The van der Waals surface area contributed by atoms with Crippen LogP contribution >= 0.6 is 0 Å². The number of aromatic hydroxyl groups is 1. The van der Waals surface area contributed by atoms with E-state index in [9.17, 15) is 14.7 Å². The first kappa shape index (κ1) is 16.5. The van der Waals surface area contributed by atoms with E-state index in [1.54, 1.807) is 6.92 Å². The van der Waals surface area contributed by atoms with Gasteiger partial charge in [0.05, 0.1) is 0 Å². The summed E-state index contributed by atoms with van der Waals surface area (Å²) in [7, 11) is 0. The van der Waals surface area contributed by atoms with E-state index in [-0.39, 0.29) is 11.7 Å². The van der Waals surface area contributed by atoms with Crippen LogP contribution in [0.25, 0.3) is 11.0 Å². The van der Waals surface area contributed by atoms with Crippen molar-refractivity contribution in [3.05, 3.63) is 39.7 Å². The van der Waals surface area contributed by atoms with E-state index in [0.717, 1.165) is 29.6 Å². The van der Waals surface area contributed by atoms with Gasteiger partial charge in [0.1, 0.15) is 11.3 Å². The summed E-state index contributed by atoms with van der Waals surface area (Å²) in [6.07, 6.45) is 0.706. The smallest absolute Gasteiger partial charge is 0.336 e. The number of phenolic OH excluding ortho intramolecular Hbond substituents is 1. The zero-order valence-electron chi connectivity index (χ0n) is 14.0. The first-order chi connectivity index (χ1) is 11.5. The molecule has 1 aromatic heterocycles. The fourth-order valence-corrected chi connectivity index (χ4v) is 3.18. The molecular formula is C18H22N2O4. The minimum atomic E-state index is -0.413. The van der Waals surface area contributed by atoms with Crippen LogP contribution < -0.4 is 5.63 Å². The van der Waals surface area contributed by atoms with E-state index < -0.39 is 5.63 Å².